The molecule has 0 saturated carbocycles. The van der Waals surface area contributed by atoms with Gasteiger partial charge in [0.05, 0.1) is 12.7 Å². The molecule has 2 N–H and O–H groups in total. The molecule has 0 aliphatic rings. The van der Waals surface area contributed by atoms with Crippen molar-refractivity contribution in [3.63, 3.8) is 0 Å². The summed E-state index contributed by atoms with van der Waals surface area (Å²) in [6.07, 6.45) is -0.570. The Kier molecular flexibility index (Phi) is 6.18. The molecule has 7 heteroatoms. The predicted molar refractivity (Wildman–Crippen MR) is 102 cm³/mol. The van der Waals surface area contributed by atoms with E-state index >= 15 is 0 Å². The minimum atomic E-state index is -0.595. The second-order valence-electron chi connectivity index (χ2n) is 6.73. The summed E-state index contributed by atoms with van der Waals surface area (Å²) in [7, 11) is 1.29. The largest absolute Gasteiger partial charge is 0.465 e. The standard InChI is InChI=1S/C20H22N2O5/c1-20(2,3)27-19(25)22-15-10-8-13(9-11-15)17(23)21-16-7-5-6-14(12-16)18(24)26-4/h5-12H,1-4H3,(H,21,23)(H,22,25). The molecular weight excluding hydrogens is 348 g/mol. The van der Waals surface area contributed by atoms with Crippen molar-refractivity contribution in [2.24, 2.45) is 0 Å². The van der Waals surface area contributed by atoms with Crippen molar-refractivity contribution < 1.29 is 23.9 Å². The van der Waals surface area contributed by atoms with Gasteiger partial charge >= 0.3 is 12.1 Å². The first-order chi connectivity index (χ1) is 12.7. The van der Waals surface area contributed by atoms with Gasteiger partial charge in [-0.05, 0) is 63.2 Å². The van der Waals surface area contributed by atoms with E-state index in [1.807, 2.05) is 0 Å². The van der Waals surface area contributed by atoms with Gasteiger partial charge in [0, 0.05) is 16.9 Å². The number of esters is 1. The topological polar surface area (TPSA) is 93.7 Å². The maximum absolute atomic E-state index is 12.3. The molecule has 0 aliphatic carbocycles. The maximum Gasteiger partial charge on any atom is 0.412 e. The number of ether oxygens (including phenoxy) is 2. The average molecular weight is 370 g/mol. The van der Waals surface area contributed by atoms with Gasteiger partial charge in [0.2, 0.25) is 0 Å². The average Bonchev–Trinajstić information content (AvgIpc) is 2.60. The number of nitrogens with one attached hydrogen (secondary N) is 2. The van der Waals surface area contributed by atoms with Gasteiger partial charge in [0.1, 0.15) is 5.60 Å². The van der Waals surface area contributed by atoms with Gasteiger partial charge in [-0.15, -0.1) is 0 Å². The monoisotopic (exact) mass is 370 g/mol. The number of hydrogen-bond acceptors (Lipinski definition) is 5. The van der Waals surface area contributed by atoms with Crippen LogP contribution in [-0.2, 0) is 9.47 Å². The Morgan fingerprint density at radius 2 is 1.52 bits per heavy atom. The molecule has 7 nitrogen and oxygen atoms in total. The third kappa shape index (κ3) is 6.14. The Hall–Kier alpha value is -3.35. The fourth-order valence-electron chi connectivity index (χ4n) is 2.17. The van der Waals surface area contributed by atoms with Gasteiger partial charge in [-0.3, -0.25) is 10.1 Å². The highest BCUT2D eigenvalue weighted by atomic mass is 16.6. The van der Waals surface area contributed by atoms with Crippen molar-refractivity contribution in [2.75, 3.05) is 17.7 Å². The fraction of sp³-hybridized carbons (Fsp3) is 0.250. The maximum atomic E-state index is 12.3. The molecule has 0 heterocycles. The van der Waals surface area contributed by atoms with E-state index in [1.54, 1.807) is 63.2 Å². The molecule has 2 aromatic rings. The number of hydrogen-bond donors (Lipinski definition) is 2. The van der Waals surface area contributed by atoms with Crippen LogP contribution in [0, 0.1) is 0 Å². The minimum absolute atomic E-state index is 0.340. The lowest BCUT2D eigenvalue weighted by Gasteiger charge is -2.19. The Balaban J connectivity index is 2.01. The third-order valence-electron chi connectivity index (χ3n) is 3.33. The molecule has 2 rings (SSSR count). The smallest absolute Gasteiger partial charge is 0.412 e. The molecule has 0 atom stereocenters. The van der Waals surface area contributed by atoms with Crippen LogP contribution in [0.25, 0.3) is 0 Å². The zero-order valence-corrected chi connectivity index (χ0v) is 15.7. The Bertz CT molecular complexity index is 838. The van der Waals surface area contributed by atoms with Crippen LogP contribution in [0.2, 0.25) is 0 Å². The molecule has 0 fully saturated rings. The molecule has 27 heavy (non-hydrogen) atoms. The van der Waals surface area contributed by atoms with E-state index in [-0.39, 0.29) is 5.91 Å². The predicted octanol–water partition coefficient (Wildman–Crippen LogP) is 4.07. The number of rotatable bonds is 4. The second kappa shape index (κ2) is 8.35. The molecule has 2 aromatic carbocycles. The lowest BCUT2D eigenvalue weighted by atomic mass is 10.1. The van der Waals surface area contributed by atoms with Gasteiger partial charge in [0.25, 0.3) is 5.91 Å². The lowest BCUT2D eigenvalue weighted by Crippen LogP contribution is -2.27. The molecule has 0 spiro atoms. The number of benzene rings is 2. The van der Waals surface area contributed by atoms with E-state index in [0.717, 1.165) is 0 Å². The van der Waals surface area contributed by atoms with Crippen molar-refractivity contribution in [1.29, 1.82) is 0 Å². The summed E-state index contributed by atoms with van der Waals surface area (Å²) in [5, 5.41) is 5.31. The van der Waals surface area contributed by atoms with Crippen molar-refractivity contribution in [1.82, 2.24) is 0 Å². The number of anilines is 2. The van der Waals surface area contributed by atoms with E-state index < -0.39 is 17.7 Å². The molecule has 142 valence electrons. The summed E-state index contributed by atoms with van der Waals surface area (Å²) in [5.74, 6) is -0.829. The van der Waals surface area contributed by atoms with Crippen LogP contribution in [0.5, 0.6) is 0 Å². The molecule has 0 radical (unpaired) electrons. The summed E-state index contributed by atoms with van der Waals surface area (Å²) in [4.78, 5) is 35.7. The first-order valence-corrected chi connectivity index (χ1v) is 8.28. The molecule has 2 amide bonds. The zero-order valence-electron chi connectivity index (χ0n) is 15.7. The van der Waals surface area contributed by atoms with E-state index in [1.165, 1.54) is 13.2 Å². The van der Waals surface area contributed by atoms with Crippen molar-refractivity contribution in [3.8, 4) is 0 Å². The molecule has 0 aliphatic heterocycles. The molecular formula is C20H22N2O5. The van der Waals surface area contributed by atoms with Gasteiger partial charge in [-0.1, -0.05) is 6.07 Å². The van der Waals surface area contributed by atoms with E-state index in [4.69, 9.17) is 4.74 Å². The SMILES string of the molecule is COC(=O)c1cccc(NC(=O)c2ccc(NC(=O)OC(C)(C)C)cc2)c1. The van der Waals surface area contributed by atoms with Gasteiger partial charge < -0.3 is 14.8 Å². The van der Waals surface area contributed by atoms with Crippen molar-refractivity contribution in [3.05, 3.63) is 59.7 Å². The second-order valence-corrected chi connectivity index (χ2v) is 6.73. The number of carbonyl (C=O) groups is 3. The number of methoxy groups -OCH3 is 1. The molecule has 0 aromatic heterocycles. The fourth-order valence-corrected chi connectivity index (χ4v) is 2.17. The van der Waals surface area contributed by atoms with Crippen molar-refractivity contribution in [2.45, 2.75) is 26.4 Å². The van der Waals surface area contributed by atoms with Crippen LogP contribution in [0.3, 0.4) is 0 Å². The Morgan fingerprint density at radius 3 is 2.11 bits per heavy atom. The van der Waals surface area contributed by atoms with Crippen molar-refractivity contribution >= 4 is 29.3 Å². The Morgan fingerprint density at radius 1 is 0.852 bits per heavy atom. The van der Waals surface area contributed by atoms with Crippen LogP contribution in [0.1, 0.15) is 41.5 Å². The summed E-state index contributed by atoms with van der Waals surface area (Å²) in [6.45, 7) is 5.32. The van der Waals surface area contributed by atoms with Gasteiger partial charge in [-0.2, -0.15) is 0 Å². The number of amides is 2. The lowest BCUT2D eigenvalue weighted by molar-refractivity contribution is 0.0598. The van der Waals surface area contributed by atoms with Gasteiger partial charge in [0.15, 0.2) is 0 Å². The first kappa shape index (κ1) is 20.0. The molecule has 0 saturated heterocycles. The van der Waals surface area contributed by atoms with E-state index in [0.29, 0.717) is 22.5 Å². The van der Waals surface area contributed by atoms with Crippen LogP contribution in [0.4, 0.5) is 16.2 Å². The first-order valence-electron chi connectivity index (χ1n) is 8.28. The summed E-state index contributed by atoms with van der Waals surface area (Å²) in [5.41, 5.74) is 1.12. The quantitative estimate of drug-likeness (QED) is 0.791. The van der Waals surface area contributed by atoms with E-state index in [9.17, 15) is 14.4 Å². The summed E-state index contributed by atoms with van der Waals surface area (Å²) >= 11 is 0. The van der Waals surface area contributed by atoms with Crippen LogP contribution in [-0.4, -0.2) is 30.7 Å². The summed E-state index contributed by atoms with van der Waals surface area (Å²) < 4.78 is 9.83. The molecule has 0 unspecified atom stereocenters. The van der Waals surface area contributed by atoms with Crippen LogP contribution < -0.4 is 10.6 Å². The third-order valence-corrected chi connectivity index (χ3v) is 3.33. The highest BCUT2D eigenvalue weighted by molar-refractivity contribution is 6.05. The van der Waals surface area contributed by atoms with Gasteiger partial charge in [-0.25, -0.2) is 9.59 Å². The normalized spacial score (nSPS) is 10.7. The highest BCUT2D eigenvalue weighted by Crippen LogP contribution is 2.16. The zero-order chi connectivity index (χ0) is 20.0. The van der Waals surface area contributed by atoms with Crippen LogP contribution in [0.15, 0.2) is 48.5 Å². The highest BCUT2D eigenvalue weighted by Gasteiger charge is 2.16. The Labute approximate surface area is 157 Å². The molecule has 0 bridgehead atoms. The van der Waals surface area contributed by atoms with Crippen LogP contribution >= 0.6 is 0 Å². The summed E-state index contributed by atoms with van der Waals surface area (Å²) in [6, 6.07) is 12.8. The number of carbonyl (C=O) groups excluding carboxylic acids is 3. The minimum Gasteiger partial charge on any atom is -0.465 e. The van der Waals surface area contributed by atoms with E-state index in [2.05, 4.69) is 15.4 Å².